The maximum atomic E-state index is 5.96. The van der Waals surface area contributed by atoms with Crippen LogP contribution < -0.4 is 19.3 Å². The maximum absolute atomic E-state index is 5.96. The van der Waals surface area contributed by atoms with Gasteiger partial charge in [0.1, 0.15) is 25.4 Å². The van der Waals surface area contributed by atoms with Crippen molar-refractivity contribution in [3.63, 3.8) is 0 Å². The number of piperazine rings is 1. The molecular formula is C24H30N4O4. The molecule has 0 spiro atoms. The summed E-state index contributed by atoms with van der Waals surface area (Å²) in [6.07, 6.45) is 1.62. The van der Waals surface area contributed by atoms with Gasteiger partial charge in [-0.3, -0.25) is 0 Å². The minimum Gasteiger partial charge on any atom is -0.487 e. The van der Waals surface area contributed by atoms with Crippen molar-refractivity contribution < 1.29 is 18.9 Å². The molecule has 0 bridgehead atoms. The van der Waals surface area contributed by atoms with Crippen LogP contribution in [0.5, 0.6) is 11.5 Å². The number of aromatic nitrogens is 2. The number of methoxy groups -OCH3 is 2. The van der Waals surface area contributed by atoms with Crippen molar-refractivity contribution in [2.45, 2.75) is 0 Å². The lowest BCUT2D eigenvalue weighted by Crippen LogP contribution is -2.46. The number of nitrogens with zero attached hydrogens (tertiary/aromatic N) is 4. The van der Waals surface area contributed by atoms with E-state index in [-0.39, 0.29) is 0 Å². The fraction of sp³-hybridized carbons (Fsp3) is 0.417. The zero-order valence-electron chi connectivity index (χ0n) is 18.7. The van der Waals surface area contributed by atoms with Gasteiger partial charge in [-0.2, -0.15) is 0 Å². The van der Waals surface area contributed by atoms with Gasteiger partial charge in [-0.15, -0.1) is 0 Å². The molecule has 0 radical (unpaired) electrons. The van der Waals surface area contributed by atoms with Crippen molar-refractivity contribution in [1.82, 2.24) is 9.97 Å². The molecule has 1 aliphatic rings. The highest BCUT2D eigenvalue weighted by Gasteiger charge is 2.21. The molecule has 32 heavy (non-hydrogen) atoms. The van der Waals surface area contributed by atoms with Gasteiger partial charge in [-0.05, 0) is 18.2 Å². The van der Waals surface area contributed by atoms with Crippen LogP contribution >= 0.6 is 0 Å². The van der Waals surface area contributed by atoms with Gasteiger partial charge in [0.15, 0.2) is 11.5 Å². The summed E-state index contributed by atoms with van der Waals surface area (Å²) in [6, 6.07) is 14.4. The fourth-order valence-corrected chi connectivity index (χ4v) is 3.81. The van der Waals surface area contributed by atoms with Gasteiger partial charge in [0.2, 0.25) is 0 Å². The molecule has 1 fully saturated rings. The highest BCUT2D eigenvalue weighted by atomic mass is 16.5. The molecule has 0 N–H and O–H groups in total. The van der Waals surface area contributed by atoms with Crippen molar-refractivity contribution >= 4 is 22.4 Å². The molecule has 2 heterocycles. The monoisotopic (exact) mass is 438 g/mol. The molecule has 0 saturated carbocycles. The zero-order chi connectivity index (χ0) is 22.2. The number of hydrogen-bond donors (Lipinski definition) is 0. The van der Waals surface area contributed by atoms with Crippen LogP contribution in [0.2, 0.25) is 0 Å². The Bertz CT molecular complexity index is 994. The standard InChI is InChI=1S/C24H30N4O4/c1-29-12-14-31-22-16-20-21(17-23(22)32-15-13-30-2)25-18-26-24(20)28-10-8-27(9-11-28)19-6-4-3-5-7-19/h3-7,16-18H,8-15H2,1-2H3. The fourth-order valence-electron chi connectivity index (χ4n) is 3.81. The van der Waals surface area contributed by atoms with E-state index in [0.717, 1.165) is 42.9 Å². The highest BCUT2D eigenvalue weighted by Crippen LogP contribution is 2.35. The molecule has 8 heteroatoms. The molecule has 2 aromatic carbocycles. The lowest BCUT2D eigenvalue weighted by Gasteiger charge is -2.37. The number of anilines is 2. The van der Waals surface area contributed by atoms with E-state index in [2.05, 4.69) is 44.0 Å². The van der Waals surface area contributed by atoms with E-state index in [1.807, 2.05) is 18.2 Å². The summed E-state index contributed by atoms with van der Waals surface area (Å²) in [4.78, 5) is 13.8. The van der Waals surface area contributed by atoms with Crippen molar-refractivity contribution in [2.24, 2.45) is 0 Å². The lowest BCUT2D eigenvalue weighted by molar-refractivity contribution is 0.132. The Hall–Kier alpha value is -3.10. The molecular weight excluding hydrogens is 408 g/mol. The van der Waals surface area contributed by atoms with Crippen LogP contribution in [-0.2, 0) is 9.47 Å². The highest BCUT2D eigenvalue weighted by molar-refractivity contribution is 5.92. The van der Waals surface area contributed by atoms with Crippen molar-refractivity contribution in [3.8, 4) is 11.5 Å². The van der Waals surface area contributed by atoms with Gasteiger partial charge < -0.3 is 28.7 Å². The summed E-state index contributed by atoms with van der Waals surface area (Å²) >= 11 is 0. The van der Waals surface area contributed by atoms with Crippen LogP contribution in [-0.4, -0.2) is 76.8 Å². The number of para-hydroxylation sites is 1. The van der Waals surface area contributed by atoms with Crippen LogP contribution in [0.4, 0.5) is 11.5 Å². The third-order valence-electron chi connectivity index (χ3n) is 5.47. The SMILES string of the molecule is COCCOc1cc2ncnc(N3CCN(c4ccccc4)CC3)c2cc1OCCOC. The number of rotatable bonds is 10. The topological polar surface area (TPSA) is 69.2 Å². The Morgan fingerprint density at radius 3 is 2.03 bits per heavy atom. The predicted molar refractivity (Wildman–Crippen MR) is 125 cm³/mol. The molecule has 3 aromatic rings. The Morgan fingerprint density at radius 2 is 1.38 bits per heavy atom. The molecule has 0 amide bonds. The first-order valence-corrected chi connectivity index (χ1v) is 10.9. The first kappa shape index (κ1) is 22.1. The third-order valence-corrected chi connectivity index (χ3v) is 5.47. The average molecular weight is 439 g/mol. The minimum atomic E-state index is 0.432. The largest absolute Gasteiger partial charge is 0.487 e. The summed E-state index contributed by atoms with van der Waals surface area (Å²) in [7, 11) is 3.30. The normalized spacial score (nSPS) is 14.1. The molecule has 0 atom stereocenters. The third kappa shape index (κ3) is 5.20. The average Bonchev–Trinajstić information content (AvgIpc) is 2.85. The van der Waals surface area contributed by atoms with Crippen LogP contribution in [0.1, 0.15) is 0 Å². The molecule has 4 rings (SSSR count). The smallest absolute Gasteiger partial charge is 0.163 e. The van der Waals surface area contributed by atoms with Crippen molar-refractivity contribution in [3.05, 3.63) is 48.8 Å². The molecule has 0 aliphatic carbocycles. The number of benzene rings is 2. The van der Waals surface area contributed by atoms with E-state index in [0.29, 0.717) is 37.9 Å². The molecule has 170 valence electrons. The Labute approximate surface area is 188 Å². The summed E-state index contributed by atoms with van der Waals surface area (Å²) in [5.41, 5.74) is 2.08. The predicted octanol–water partition coefficient (Wildman–Crippen LogP) is 3.01. The molecule has 0 unspecified atom stereocenters. The van der Waals surface area contributed by atoms with Gasteiger partial charge >= 0.3 is 0 Å². The van der Waals surface area contributed by atoms with Gasteiger partial charge in [0.25, 0.3) is 0 Å². The Balaban J connectivity index is 1.57. The van der Waals surface area contributed by atoms with Crippen LogP contribution in [0.3, 0.4) is 0 Å². The van der Waals surface area contributed by atoms with E-state index in [9.17, 15) is 0 Å². The first-order valence-electron chi connectivity index (χ1n) is 10.9. The Kier molecular flexibility index (Phi) is 7.58. The van der Waals surface area contributed by atoms with Gasteiger partial charge in [-0.25, -0.2) is 9.97 Å². The summed E-state index contributed by atoms with van der Waals surface area (Å²) in [5, 5.41) is 0.951. The summed E-state index contributed by atoms with van der Waals surface area (Å²) in [5.74, 6) is 2.22. The Morgan fingerprint density at radius 1 is 0.750 bits per heavy atom. The zero-order valence-corrected chi connectivity index (χ0v) is 18.7. The second-order valence-electron chi connectivity index (χ2n) is 7.51. The van der Waals surface area contributed by atoms with Crippen LogP contribution in [0.15, 0.2) is 48.8 Å². The van der Waals surface area contributed by atoms with Crippen LogP contribution in [0, 0.1) is 0 Å². The number of hydrogen-bond acceptors (Lipinski definition) is 8. The van der Waals surface area contributed by atoms with E-state index in [1.165, 1.54) is 5.69 Å². The lowest BCUT2D eigenvalue weighted by atomic mass is 10.1. The minimum absolute atomic E-state index is 0.432. The molecule has 1 saturated heterocycles. The second-order valence-corrected chi connectivity index (χ2v) is 7.51. The molecule has 1 aromatic heterocycles. The number of ether oxygens (including phenoxy) is 4. The van der Waals surface area contributed by atoms with E-state index in [4.69, 9.17) is 18.9 Å². The van der Waals surface area contributed by atoms with E-state index >= 15 is 0 Å². The summed E-state index contributed by atoms with van der Waals surface area (Å²) in [6.45, 7) is 5.49. The van der Waals surface area contributed by atoms with E-state index < -0.39 is 0 Å². The molecule has 8 nitrogen and oxygen atoms in total. The van der Waals surface area contributed by atoms with Gasteiger partial charge in [-0.1, -0.05) is 18.2 Å². The number of fused-ring (bicyclic) bond motifs is 1. The first-order chi connectivity index (χ1) is 15.8. The van der Waals surface area contributed by atoms with Crippen molar-refractivity contribution in [2.75, 3.05) is 76.6 Å². The quantitative estimate of drug-likeness (QED) is 0.448. The van der Waals surface area contributed by atoms with Crippen LogP contribution in [0.25, 0.3) is 10.9 Å². The van der Waals surface area contributed by atoms with Gasteiger partial charge in [0.05, 0.1) is 18.7 Å². The maximum Gasteiger partial charge on any atom is 0.163 e. The second kappa shape index (κ2) is 11.0. The molecule has 1 aliphatic heterocycles. The van der Waals surface area contributed by atoms with Crippen molar-refractivity contribution in [1.29, 1.82) is 0 Å². The van der Waals surface area contributed by atoms with E-state index in [1.54, 1.807) is 20.5 Å². The van der Waals surface area contributed by atoms with Gasteiger partial charge in [0, 0.05) is 57.5 Å². The summed E-state index contributed by atoms with van der Waals surface area (Å²) < 4.78 is 22.1.